The van der Waals surface area contributed by atoms with Crippen molar-refractivity contribution in [2.24, 2.45) is 0 Å². The maximum atomic E-state index is 12.8. The number of benzene rings is 2. The third-order valence-corrected chi connectivity index (χ3v) is 4.62. The maximum absolute atomic E-state index is 12.8. The molecule has 2 aromatic rings. The number of nitrogens with zero attached hydrogens (tertiary/aromatic N) is 1. The minimum Gasteiger partial charge on any atom is -0.497 e. The molecule has 3 nitrogen and oxygen atoms in total. The summed E-state index contributed by atoms with van der Waals surface area (Å²) >= 11 is 0. The van der Waals surface area contributed by atoms with Crippen molar-refractivity contribution in [2.75, 3.05) is 38.2 Å². The quantitative estimate of drug-likeness (QED) is 0.912. The third-order valence-electron chi connectivity index (χ3n) is 4.62. The van der Waals surface area contributed by atoms with E-state index >= 15 is 0 Å². The molecule has 0 radical (unpaired) electrons. The monoisotopic (exact) mass is 351 g/mol. The molecule has 0 bridgehead atoms. The number of quaternary nitrogens is 1. The van der Waals surface area contributed by atoms with Crippen LogP contribution in [0.2, 0.25) is 0 Å². The fourth-order valence-corrected chi connectivity index (χ4v) is 3.20. The molecular formula is C19H22F3N2O+. The predicted molar refractivity (Wildman–Crippen MR) is 91.1 cm³/mol. The van der Waals surface area contributed by atoms with Gasteiger partial charge in [-0.15, -0.1) is 0 Å². The van der Waals surface area contributed by atoms with Crippen molar-refractivity contribution in [3.63, 3.8) is 0 Å². The van der Waals surface area contributed by atoms with Crippen LogP contribution in [-0.2, 0) is 12.7 Å². The Morgan fingerprint density at radius 2 is 1.72 bits per heavy atom. The van der Waals surface area contributed by atoms with Crippen molar-refractivity contribution in [1.29, 1.82) is 0 Å². The van der Waals surface area contributed by atoms with Gasteiger partial charge in [0.2, 0.25) is 0 Å². The number of ether oxygens (including phenoxy) is 1. The smallest absolute Gasteiger partial charge is 0.416 e. The molecule has 1 heterocycles. The first kappa shape index (κ1) is 17.6. The Labute approximate surface area is 145 Å². The molecule has 3 rings (SSSR count). The van der Waals surface area contributed by atoms with Gasteiger partial charge >= 0.3 is 6.18 Å². The Balaban J connectivity index is 1.57. The van der Waals surface area contributed by atoms with Crippen LogP contribution in [0.15, 0.2) is 48.5 Å². The minimum absolute atomic E-state index is 0.568. The lowest BCUT2D eigenvalue weighted by Crippen LogP contribution is -3.13. The fourth-order valence-electron chi connectivity index (χ4n) is 3.20. The van der Waals surface area contributed by atoms with E-state index in [9.17, 15) is 13.2 Å². The molecule has 1 aliphatic rings. The van der Waals surface area contributed by atoms with Gasteiger partial charge in [-0.25, -0.2) is 0 Å². The Kier molecular flexibility index (Phi) is 5.18. The molecule has 1 N–H and O–H groups in total. The van der Waals surface area contributed by atoms with Crippen LogP contribution >= 0.6 is 0 Å². The molecule has 0 aromatic heterocycles. The largest absolute Gasteiger partial charge is 0.497 e. The molecule has 134 valence electrons. The molecular weight excluding hydrogens is 329 g/mol. The lowest BCUT2D eigenvalue weighted by molar-refractivity contribution is -0.914. The topological polar surface area (TPSA) is 16.9 Å². The number of piperazine rings is 1. The fraction of sp³-hybridized carbons (Fsp3) is 0.368. The number of nitrogens with one attached hydrogen (secondary N) is 1. The number of alkyl halides is 3. The van der Waals surface area contributed by atoms with Gasteiger partial charge in [0.1, 0.15) is 12.3 Å². The van der Waals surface area contributed by atoms with Crippen molar-refractivity contribution in [1.82, 2.24) is 0 Å². The summed E-state index contributed by atoms with van der Waals surface area (Å²) in [7, 11) is 1.64. The summed E-state index contributed by atoms with van der Waals surface area (Å²) in [5.41, 5.74) is 1.32. The zero-order chi connectivity index (χ0) is 17.9. The third kappa shape index (κ3) is 4.45. The van der Waals surface area contributed by atoms with Crippen molar-refractivity contribution in [3.8, 4) is 5.75 Å². The SMILES string of the molecule is COc1ccc(N2CC[NH+](Cc3cccc(C(F)(F)F)c3)CC2)cc1. The summed E-state index contributed by atoms with van der Waals surface area (Å²) in [6, 6.07) is 13.6. The van der Waals surface area contributed by atoms with Crippen LogP contribution in [0.4, 0.5) is 18.9 Å². The molecule has 0 spiro atoms. The first-order valence-corrected chi connectivity index (χ1v) is 8.34. The molecule has 0 aliphatic carbocycles. The first-order valence-electron chi connectivity index (χ1n) is 8.34. The number of rotatable bonds is 4. The average Bonchev–Trinajstić information content (AvgIpc) is 2.62. The number of hydrogen-bond acceptors (Lipinski definition) is 2. The van der Waals surface area contributed by atoms with E-state index in [0.717, 1.165) is 49.2 Å². The number of halogens is 3. The van der Waals surface area contributed by atoms with E-state index in [0.29, 0.717) is 6.54 Å². The Bertz CT molecular complexity index is 693. The molecule has 1 aliphatic heterocycles. The lowest BCUT2D eigenvalue weighted by atomic mass is 10.1. The van der Waals surface area contributed by atoms with E-state index < -0.39 is 11.7 Å². The second-order valence-corrected chi connectivity index (χ2v) is 6.31. The molecule has 25 heavy (non-hydrogen) atoms. The van der Waals surface area contributed by atoms with Crippen LogP contribution in [0, 0.1) is 0 Å². The van der Waals surface area contributed by atoms with Gasteiger partial charge in [0.05, 0.1) is 38.9 Å². The highest BCUT2D eigenvalue weighted by molar-refractivity contribution is 5.49. The van der Waals surface area contributed by atoms with E-state index in [1.807, 2.05) is 24.3 Å². The molecule has 2 aromatic carbocycles. The lowest BCUT2D eigenvalue weighted by Gasteiger charge is -2.33. The predicted octanol–water partition coefficient (Wildman–Crippen LogP) is 2.62. The van der Waals surface area contributed by atoms with Gasteiger partial charge in [-0.1, -0.05) is 12.1 Å². The van der Waals surface area contributed by atoms with Gasteiger partial charge < -0.3 is 14.5 Å². The van der Waals surface area contributed by atoms with E-state index in [-0.39, 0.29) is 0 Å². The standard InChI is InChI=1S/C19H21F3N2O/c1-25-18-7-5-17(6-8-18)24-11-9-23(10-12-24)14-15-3-2-4-16(13-15)19(20,21)22/h2-8,13H,9-12,14H2,1H3/p+1. The summed E-state index contributed by atoms with van der Waals surface area (Å²) in [5.74, 6) is 0.831. The number of hydrogen-bond donors (Lipinski definition) is 1. The summed E-state index contributed by atoms with van der Waals surface area (Å²) in [4.78, 5) is 3.61. The van der Waals surface area contributed by atoms with Gasteiger partial charge in [-0.2, -0.15) is 13.2 Å². The molecule has 6 heteroatoms. The van der Waals surface area contributed by atoms with Gasteiger partial charge in [0.15, 0.2) is 0 Å². The zero-order valence-corrected chi connectivity index (χ0v) is 14.1. The summed E-state index contributed by atoms with van der Waals surface area (Å²) in [6.45, 7) is 4.21. The zero-order valence-electron chi connectivity index (χ0n) is 14.1. The van der Waals surface area contributed by atoms with Crippen LogP contribution in [-0.4, -0.2) is 33.3 Å². The van der Waals surface area contributed by atoms with Crippen LogP contribution in [0.1, 0.15) is 11.1 Å². The van der Waals surface area contributed by atoms with Crippen molar-refractivity contribution in [3.05, 3.63) is 59.7 Å². The number of methoxy groups -OCH3 is 1. The minimum atomic E-state index is -4.28. The number of anilines is 1. The van der Waals surface area contributed by atoms with Crippen molar-refractivity contribution < 1.29 is 22.8 Å². The first-order chi connectivity index (χ1) is 12.0. The summed E-state index contributed by atoms with van der Waals surface area (Å²) in [6.07, 6.45) is -4.28. The normalized spacial score (nSPS) is 16.1. The van der Waals surface area contributed by atoms with Crippen LogP contribution in [0.5, 0.6) is 5.75 Å². The van der Waals surface area contributed by atoms with Crippen molar-refractivity contribution in [2.45, 2.75) is 12.7 Å². The highest BCUT2D eigenvalue weighted by atomic mass is 19.4. The molecule has 1 saturated heterocycles. The van der Waals surface area contributed by atoms with Gasteiger partial charge in [-0.3, -0.25) is 0 Å². The molecule has 1 fully saturated rings. The Morgan fingerprint density at radius 3 is 2.32 bits per heavy atom. The average molecular weight is 351 g/mol. The highest BCUT2D eigenvalue weighted by Crippen LogP contribution is 2.29. The Morgan fingerprint density at radius 1 is 1.04 bits per heavy atom. The molecule has 0 amide bonds. The van der Waals surface area contributed by atoms with Crippen LogP contribution < -0.4 is 14.5 Å². The van der Waals surface area contributed by atoms with E-state index in [1.165, 1.54) is 17.0 Å². The molecule has 0 unspecified atom stereocenters. The second kappa shape index (κ2) is 7.35. The van der Waals surface area contributed by atoms with E-state index in [1.54, 1.807) is 13.2 Å². The highest BCUT2D eigenvalue weighted by Gasteiger charge is 2.30. The van der Waals surface area contributed by atoms with Gasteiger partial charge in [0.25, 0.3) is 0 Å². The summed E-state index contributed by atoms with van der Waals surface area (Å²) < 4.78 is 43.6. The summed E-state index contributed by atoms with van der Waals surface area (Å²) in [5, 5.41) is 0. The maximum Gasteiger partial charge on any atom is 0.416 e. The Hall–Kier alpha value is -2.21. The van der Waals surface area contributed by atoms with Crippen LogP contribution in [0.3, 0.4) is 0 Å². The van der Waals surface area contributed by atoms with E-state index in [2.05, 4.69) is 4.90 Å². The molecule has 0 saturated carbocycles. The van der Waals surface area contributed by atoms with Crippen LogP contribution in [0.25, 0.3) is 0 Å². The van der Waals surface area contributed by atoms with Gasteiger partial charge in [-0.05, 0) is 36.4 Å². The van der Waals surface area contributed by atoms with Crippen molar-refractivity contribution >= 4 is 5.69 Å². The second-order valence-electron chi connectivity index (χ2n) is 6.31. The van der Waals surface area contributed by atoms with E-state index in [4.69, 9.17) is 4.74 Å². The van der Waals surface area contributed by atoms with Gasteiger partial charge in [0, 0.05) is 11.3 Å². The molecule has 0 atom stereocenters.